The summed E-state index contributed by atoms with van der Waals surface area (Å²) in [5.41, 5.74) is 0. The second-order valence-corrected chi connectivity index (χ2v) is 21.6. The van der Waals surface area contributed by atoms with Crippen LogP contribution in [-0.4, -0.2) is 37.2 Å². The van der Waals surface area contributed by atoms with E-state index in [2.05, 4.69) is 167 Å². The van der Waals surface area contributed by atoms with Gasteiger partial charge in [-0.3, -0.25) is 14.4 Å². The zero-order valence-electron chi connectivity index (χ0n) is 52.5. The molecule has 0 heterocycles. The number of hydrogen-bond donors (Lipinski definition) is 0. The summed E-state index contributed by atoms with van der Waals surface area (Å²) in [6.07, 6.45) is 97.1. The summed E-state index contributed by atoms with van der Waals surface area (Å²) in [5, 5.41) is 0. The maximum absolute atomic E-state index is 12.9. The number of carbonyl (C=O) groups is 3. The largest absolute Gasteiger partial charge is 0.462 e. The third kappa shape index (κ3) is 66.0. The van der Waals surface area contributed by atoms with Crippen molar-refractivity contribution < 1.29 is 28.6 Å². The van der Waals surface area contributed by atoms with Crippen LogP contribution >= 0.6 is 0 Å². The average molecular weight is 1120 g/mol. The summed E-state index contributed by atoms with van der Waals surface area (Å²) in [5.74, 6) is -0.983. The molecule has 6 nitrogen and oxygen atoms in total. The Morgan fingerprint density at radius 1 is 0.259 bits per heavy atom. The quantitative estimate of drug-likeness (QED) is 0.0261. The Labute approximate surface area is 499 Å². The van der Waals surface area contributed by atoms with Crippen LogP contribution in [0.2, 0.25) is 0 Å². The van der Waals surface area contributed by atoms with Gasteiger partial charge in [-0.05, 0) is 116 Å². The molecule has 1 unspecified atom stereocenters. The van der Waals surface area contributed by atoms with Crippen molar-refractivity contribution in [3.63, 3.8) is 0 Å². The zero-order valence-corrected chi connectivity index (χ0v) is 52.5. The average Bonchev–Trinajstić information content (AvgIpc) is 3.47. The van der Waals surface area contributed by atoms with Crippen LogP contribution in [0.4, 0.5) is 0 Å². The highest BCUT2D eigenvalue weighted by molar-refractivity contribution is 5.71. The number of carbonyl (C=O) groups excluding carboxylic acids is 3. The van der Waals surface area contributed by atoms with Gasteiger partial charge < -0.3 is 14.2 Å². The van der Waals surface area contributed by atoms with Crippen LogP contribution in [0.5, 0.6) is 0 Å². The maximum Gasteiger partial charge on any atom is 0.306 e. The first-order valence-corrected chi connectivity index (χ1v) is 33.3. The van der Waals surface area contributed by atoms with Crippen molar-refractivity contribution in [2.75, 3.05) is 13.2 Å². The Hall–Kier alpha value is -4.71. The molecule has 0 spiro atoms. The molecule has 0 N–H and O–H groups in total. The van der Waals surface area contributed by atoms with Gasteiger partial charge in [-0.1, -0.05) is 301 Å². The second kappa shape index (κ2) is 67.8. The highest BCUT2D eigenvalue weighted by Gasteiger charge is 2.19. The SMILES string of the molecule is CC/C=C\C/C=C\C/C=C\C/C=C\C/C=C\C/C=C\C/C=C\CCCC(=O)OCC(COC(=O)CCCCCCCCCCCCCCCCCCCCC)OC(=O)CCCCCCC/C=C\C/C=C\C/C=C\C/C=C\C/C=C\CC. The molecule has 0 aromatic carbocycles. The first-order valence-electron chi connectivity index (χ1n) is 33.3. The predicted octanol–water partition coefficient (Wildman–Crippen LogP) is 23.1. The molecule has 0 radical (unpaired) electrons. The van der Waals surface area contributed by atoms with Gasteiger partial charge in [0.15, 0.2) is 6.10 Å². The summed E-state index contributed by atoms with van der Waals surface area (Å²) in [7, 11) is 0. The van der Waals surface area contributed by atoms with Crippen LogP contribution in [0.25, 0.3) is 0 Å². The Bertz CT molecular complexity index is 1760. The smallest absolute Gasteiger partial charge is 0.306 e. The number of esters is 3. The lowest BCUT2D eigenvalue weighted by Gasteiger charge is -2.18. The van der Waals surface area contributed by atoms with Crippen molar-refractivity contribution in [1.29, 1.82) is 0 Å². The Morgan fingerprint density at radius 3 is 0.802 bits per heavy atom. The Morgan fingerprint density at radius 2 is 0.494 bits per heavy atom. The molecule has 0 amide bonds. The number of hydrogen-bond acceptors (Lipinski definition) is 6. The molecule has 0 aromatic heterocycles. The molecule has 0 bridgehead atoms. The second-order valence-electron chi connectivity index (χ2n) is 21.6. The predicted molar refractivity (Wildman–Crippen MR) is 352 cm³/mol. The standard InChI is InChI=1S/C75H122O6/c1-4-7-10-13-16-19-22-25-28-31-34-36-37-39-41-44-47-50-53-56-59-62-65-68-74(77)80-71-72(70-79-73(76)67-64-61-58-55-52-49-46-43-40-33-30-27-24-21-18-15-12-9-6-3)81-75(78)69-66-63-60-57-54-51-48-45-42-38-35-32-29-26-23-20-17-14-11-8-5-2/h7-8,10-11,16-17,19-20,25-26,28-29,34-36,38-39,41,45,47-48,50,56,59,72H,4-6,9,12-15,18,21-24,27,30-33,37,40,42-44,46,49,51-55,57-58,60-71H2,1-3H3/b10-7-,11-8-,19-16-,20-17-,28-25-,29-26-,36-34-,38-35-,41-39-,48-45-,50-47-,59-56-. The molecule has 6 heteroatoms. The van der Waals surface area contributed by atoms with Crippen LogP contribution in [0.3, 0.4) is 0 Å². The first-order chi connectivity index (χ1) is 40.0. The molecule has 0 fully saturated rings. The van der Waals surface area contributed by atoms with E-state index in [0.29, 0.717) is 12.8 Å². The van der Waals surface area contributed by atoms with Crippen molar-refractivity contribution in [1.82, 2.24) is 0 Å². The van der Waals surface area contributed by atoms with Gasteiger partial charge in [0.25, 0.3) is 0 Å². The minimum Gasteiger partial charge on any atom is -0.462 e. The van der Waals surface area contributed by atoms with E-state index in [1.807, 2.05) is 0 Å². The number of rotatable bonds is 59. The molecular weight excluding hydrogens is 997 g/mol. The lowest BCUT2D eigenvalue weighted by Crippen LogP contribution is -2.30. The summed E-state index contributed by atoms with van der Waals surface area (Å²) < 4.78 is 16.9. The van der Waals surface area contributed by atoms with E-state index < -0.39 is 6.10 Å². The highest BCUT2D eigenvalue weighted by Crippen LogP contribution is 2.16. The third-order valence-corrected chi connectivity index (χ3v) is 13.8. The van der Waals surface area contributed by atoms with Crippen molar-refractivity contribution in [2.45, 2.75) is 297 Å². The fourth-order valence-corrected chi connectivity index (χ4v) is 8.93. The van der Waals surface area contributed by atoms with E-state index in [1.54, 1.807) is 0 Å². The summed E-state index contributed by atoms with van der Waals surface area (Å²) in [6.45, 7) is 6.37. The zero-order chi connectivity index (χ0) is 58.5. The van der Waals surface area contributed by atoms with Gasteiger partial charge in [0.05, 0.1) is 0 Å². The van der Waals surface area contributed by atoms with Crippen molar-refractivity contribution in [3.05, 3.63) is 146 Å². The molecule has 0 aliphatic rings. The van der Waals surface area contributed by atoms with Crippen LogP contribution in [0, 0.1) is 0 Å². The van der Waals surface area contributed by atoms with E-state index in [1.165, 1.54) is 103 Å². The molecule has 0 aromatic rings. The lowest BCUT2D eigenvalue weighted by molar-refractivity contribution is -0.167. The molecule has 0 saturated heterocycles. The van der Waals surface area contributed by atoms with Crippen molar-refractivity contribution in [3.8, 4) is 0 Å². The topological polar surface area (TPSA) is 78.9 Å². The summed E-state index contributed by atoms with van der Waals surface area (Å²) >= 11 is 0. The normalized spacial score (nSPS) is 13.1. The first kappa shape index (κ1) is 76.3. The van der Waals surface area contributed by atoms with Crippen molar-refractivity contribution >= 4 is 17.9 Å². The Kier molecular flexibility index (Phi) is 63.9. The van der Waals surface area contributed by atoms with E-state index in [9.17, 15) is 14.4 Å². The minimum atomic E-state index is -0.819. The maximum atomic E-state index is 12.9. The summed E-state index contributed by atoms with van der Waals surface area (Å²) in [6, 6.07) is 0. The van der Waals surface area contributed by atoms with Crippen LogP contribution in [0.15, 0.2) is 146 Å². The molecule has 0 saturated carbocycles. The van der Waals surface area contributed by atoms with Gasteiger partial charge in [-0.2, -0.15) is 0 Å². The lowest BCUT2D eigenvalue weighted by atomic mass is 10.0. The molecule has 0 aliphatic heterocycles. The Balaban J connectivity index is 4.54. The van der Waals surface area contributed by atoms with E-state index in [-0.39, 0.29) is 44.0 Å². The molecule has 458 valence electrons. The molecule has 0 aliphatic carbocycles. The van der Waals surface area contributed by atoms with Crippen LogP contribution in [-0.2, 0) is 28.6 Å². The van der Waals surface area contributed by atoms with E-state index in [4.69, 9.17) is 14.2 Å². The third-order valence-electron chi connectivity index (χ3n) is 13.8. The molecule has 0 rings (SSSR count). The van der Waals surface area contributed by atoms with Crippen LogP contribution in [0.1, 0.15) is 290 Å². The molecule has 81 heavy (non-hydrogen) atoms. The van der Waals surface area contributed by atoms with E-state index >= 15 is 0 Å². The number of unbranched alkanes of at least 4 members (excludes halogenated alkanes) is 24. The minimum absolute atomic E-state index is 0.107. The number of ether oxygens (including phenoxy) is 3. The van der Waals surface area contributed by atoms with Gasteiger partial charge >= 0.3 is 17.9 Å². The highest BCUT2D eigenvalue weighted by atomic mass is 16.6. The van der Waals surface area contributed by atoms with Crippen molar-refractivity contribution in [2.24, 2.45) is 0 Å². The van der Waals surface area contributed by atoms with Crippen LogP contribution < -0.4 is 0 Å². The van der Waals surface area contributed by atoms with Gasteiger partial charge in [-0.15, -0.1) is 0 Å². The fourth-order valence-electron chi connectivity index (χ4n) is 8.93. The van der Waals surface area contributed by atoms with Gasteiger partial charge in [-0.25, -0.2) is 0 Å². The van der Waals surface area contributed by atoms with Gasteiger partial charge in [0.1, 0.15) is 13.2 Å². The number of allylic oxidation sites excluding steroid dienone is 24. The molecular formula is C75H122O6. The summed E-state index contributed by atoms with van der Waals surface area (Å²) in [4.78, 5) is 38.4. The van der Waals surface area contributed by atoms with Gasteiger partial charge in [0, 0.05) is 19.3 Å². The monoisotopic (exact) mass is 1120 g/mol. The van der Waals surface area contributed by atoms with E-state index in [0.717, 1.165) is 141 Å². The molecule has 1 atom stereocenters. The fraction of sp³-hybridized carbons (Fsp3) is 0.640. The van der Waals surface area contributed by atoms with Gasteiger partial charge in [0.2, 0.25) is 0 Å².